The molecule has 0 unspecified atom stereocenters. The summed E-state index contributed by atoms with van der Waals surface area (Å²) in [4.78, 5) is 15.0. The van der Waals surface area contributed by atoms with E-state index in [2.05, 4.69) is 10.2 Å². The van der Waals surface area contributed by atoms with Gasteiger partial charge in [-0.05, 0) is 101 Å². The second-order valence-corrected chi connectivity index (χ2v) is 8.87. The Morgan fingerprint density at radius 3 is 2.50 bits per heavy atom. The molecule has 0 bridgehead atoms. The molecule has 7 heteroatoms. The van der Waals surface area contributed by atoms with Crippen LogP contribution in [0.3, 0.4) is 0 Å². The number of likely N-dealkylation sites (tertiary alicyclic amines) is 1. The maximum atomic E-state index is 12.4. The number of ether oxygens (including phenoxy) is 1. The number of hydrogen-bond donors (Lipinski definition) is 3. The molecule has 3 N–H and O–H groups in total. The number of rotatable bonds is 11. The summed E-state index contributed by atoms with van der Waals surface area (Å²) in [6.45, 7) is 6.46. The van der Waals surface area contributed by atoms with Crippen LogP contribution in [-0.4, -0.2) is 54.4 Å². The van der Waals surface area contributed by atoms with Gasteiger partial charge in [0.25, 0.3) is 0 Å². The second-order valence-electron chi connectivity index (χ2n) is 8.87. The first kappa shape index (κ1) is 24.1. The van der Waals surface area contributed by atoms with Gasteiger partial charge >= 0.3 is 0 Å². The van der Waals surface area contributed by atoms with E-state index in [-0.39, 0.29) is 22.1 Å². The first-order chi connectivity index (χ1) is 16.6. The topological polar surface area (TPSA) is 95.2 Å². The van der Waals surface area contributed by atoms with Gasteiger partial charge in [0.1, 0.15) is 11.5 Å². The summed E-state index contributed by atoms with van der Waals surface area (Å²) in [7, 11) is 0. The van der Waals surface area contributed by atoms with E-state index in [4.69, 9.17) is 9.15 Å². The Morgan fingerprint density at radius 1 is 0.941 bits per heavy atom. The Kier molecular flexibility index (Phi) is 8.44. The first-order valence-corrected chi connectivity index (χ1v) is 12.3. The van der Waals surface area contributed by atoms with Crippen molar-refractivity contribution in [3.63, 3.8) is 0 Å². The Labute approximate surface area is 200 Å². The molecule has 2 heterocycles. The van der Waals surface area contributed by atoms with Gasteiger partial charge in [-0.3, -0.25) is 4.79 Å². The van der Waals surface area contributed by atoms with Crippen molar-refractivity contribution in [3.05, 3.63) is 52.7 Å². The predicted molar refractivity (Wildman–Crippen MR) is 134 cm³/mol. The number of fused-ring (bicyclic) bond motifs is 1. The van der Waals surface area contributed by atoms with Gasteiger partial charge in [0.15, 0.2) is 16.8 Å². The average molecular weight is 467 g/mol. The summed E-state index contributed by atoms with van der Waals surface area (Å²) in [5.41, 5.74) is 0.373. The molecule has 0 saturated carbocycles. The number of nitrogens with zero attached hydrogens (tertiary/aromatic N) is 1. The standard InChI is InChI=1S/C27H34N2O5/c30-23-12-11-22-24(31)19-25(34-27(22)26(23)32)20-7-9-21(10-8-20)33-18-5-2-13-28-14-6-17-29-15-3-1-4-16-29/h7-12,19,28,30,32H,1-6,13-18H2. The largest absolute Gasteiger partial charge is 0.504 e. The summed E-state index contributed by atoms with van der Waals surface area (Å²) < 4.78 is 11.5. The van der Waals surface area contributed by atoms with Crippen LogP contribution >= 0.6 is 0 Å². The molecule has 0 atom stereocenters. The highest BCUT2D eigenvalue weighted by molar-refractivity contribution is 5.86. The number of benzene rings is 2. The van der Waals surface area contributed by atoms with Gasteiger partial charge in [-0.15, -0.1) is 0 Å². The monoisotopic (exact) mass is 466 g/mol. The SMILES string of the molecule is O=c1cc(-c2ccc(OCCCCNCCCN3CCCCC3)cc2)oc2c(O)c(O)ccc12. The van der Waals surface area contributed by atoms with Gasteiger partial charge in [-0.2, -0.15) is 0 Å². The van der Waals surface area contributed by atoms with Crippen LogP contribution in [0.2, 0.25) is 0 Å². The number of aromatic hydroxyl groups is 2. The van der Waals surface area contributed by atoms with Crippen LogP contribution in [0.1, 0.15) is 38.5 Å². The van der Waals surface area contributed by atoms with Gasteiger partial charge in [-0.1, -0.05) is 6.42 Å². The molecule has 7 nitrogen and oxygen atoms in total. The Morgan fingerprint density at radius 2 is 1.71 bits per heavy atom. The molecule has 1 aromatic heterocycles. The quantitative estimate of drug-likeness (QED) is 0.283. The van der Waals surface area contributed by atoms with Crippen molar-refractivity contribution in [3.8, 4) is 28.6 Å². The number of phenolic OH excluding ortho intramolecular Hbond substituents is 2. The molecule has 0 amide bonds. The third kappa shape index (κ3) is 6.30. The van der Waals surface area contributed by atoms with E-state index in [9.17, 15) is 15.0 Å². The summed E-state index contributed by atoms with van der Waals surface area (Å²) in [5, 5.41) is 23.5. The van der Waals surface area contributed by atoms with Gasteiger partial charge in [0.05, 0.1) is 12.0 Å². The normalized spacial score (nSPS) is 14.5. The minimum atomic E-state index is -0.437. The predicted octanol–water partition coefficient (Wildman–Crippen LogP) is 4.50. The smallest absolute Gasteiger partial charge is 0.201 e. The first-order valence-electron chi connectivity index (χ1n) is 12.3. The molecule has 0 aliphatic carbocycles. The van der Waals surface area contributed by atoms with Crippen molar-refractivity contribution in [2.24, 2.45) is 0 Å². The van der Waals surface area contributed by atoms with E-state index < -0.39 is 5.75 Å². The molecule has 3 aromatic rings. The zero-order chi connectivity index (χ0) is 23.8. The maximum Gasteiger partial charge on any atom is 0.201 e. The summed E-state index contributed by atoms with van der Waals surface area (Å²) >= 11 is 0. The van der Waals surface area contributed by atoms with Crippen LogP contribution in [0.4, 0.5) is 0 Å². The number of unbranched alkanes of at least 4 members (excludes halogenated alkanes) is 1. The van der Waals surface area contributed by atoms with Crippen LogP contribution in [0.15, 0.2) is 51.7 Å². The van der Waals surface area contributed by atoms with Gasteiger partial charge < -0.3 is 29.6 Å². The highest BCUT2D eigenvalue weighted by atomic mass is 16.5. The number of hydrogen-bond acceptors (Lipinski definition) is 7. The second kappa shape index (κ2) is 11.9. The maximum absolute atomic E-state index is 12.4. The average Bonchev–Trinajstić information content (AvgIpc) is 2.86. The minimum Gasteiger partial charge on any atom is -0.504 e. The molecule has 2 aromatic carbocycles. The zero-order valence-corrected chi connectivity index (χ0v) is 19.6. The highest BCUT2D eigenvalue weighted by Crippen LogP contribution is 2.34. The van der Waals surface area contributed by atoms with Gasteiger partial charge in [0.2, 0.25) is 5.75 Å². The fourth-order valence-electron chi connectivity index (χ4n) is 4.33. The summed E-state index contributed by atoms with van der Waals surface area (Å²) in [6.07, 6.45) is 7.35. The van der Waals surface area contributed by atoms with E-state index in [1.165, 1.54) is 63.5 Å². The molecule has 1 saturated heterocycles. The highest BCUT2D eigenvalue weighted by Gasteiger charge is 2.13. The van der Waals surface area contributed by atoms with Crippen LogP contribution < -0.4 is 15.5 Å². The molecule has 1 aliphatic rings. The number of phenols is 2. The van der Waals surface area contributed by atoms with Gasteiger partial charge in [-0.25, -0.2) is 0 Å². The molecule has 0 spiro atoms. The van der Waals surface area contributed by atoms with Crippen LogP contribution in [0.25, 0.3) is 22.3 Å². The Bertz CT molecular complexity index is 1120. The van der Waals surface area contributed by atoms with Gasteiger partial charge in [0, 0.05) is 11.6 Å². The molecule has 34 heavy (non-hydrogen) atoms. The number of nitrogens with one attached hydrogen (secondary N) is 1. The zero-order valence-electron chi connectivity index (χ0n) is 19.6. The fourth-order valence-corrected chi connectivity index (χ4v) is 4.33. The Hall–Kier alpha value is -3.03. The summed E-state index contributed by atoms with van der Waals surface area (Å²) in [5.74, 6) is 0.301. The molecular formula is C27H34N2O5. The lowest BCUT2D eigenvalue weighted by atomic mass is 10.1. The van der Waals surface area contributed by atoms with Crippen molar-refractivity contribution in [2.45, 2.75) is 38.5 Å². The van der Waals surface area contributed by atoms with Crippen LogP contribution in [0.5, 0.6) is 17.2 Å². The van der Waals surface area contributed by atoms with Crippen molar-refractivity contribution in [1.29, 1.82) is 0 Å². The fraction of sp³-hybridized carbons (Fsp3) is 0.444. The summed E-state index contributed by atoms with van der Waals surface area (Å²) in [6, 6.07) is 11.4. The van der Waals surface area contributed by atoms with E-state index in [1.807, 2.05) is 24.3 Å². The third-order valence-corrected chi connectivity index (χ3v) is 6.28. The lowest BCUT2D eigenvalue weighted by Gasteiger charge is -2.26. The van der Waals surface area contributed by atoms with E-state index >= 15 is 0 Å². The van der Waals surface area contributed by atoms with Crippen LogP contribution in [0, 0.1) is 0 Å². The van der Waals surface area contributed by atoms with E-state index in [0.717, 1.165) is 31.7 Å². The van der Waals surface area contributed by atoms with Crippen molar-refractivity contribution >= 4 is 11.0 Å². The minimum absolute atomic E-state index is 0.0251. The van der Waals surface area contributed by atoms with Crippen LogP contribution in [-0.2, 0) is 0 Å². The van der Waals surface area contributed by atoms with Crippen molar-refractivity contribution < 1.29 is 19.4 Å². The van der Waals surface area contributed by atoms with Crippen molar-refractivity contribution in [1.82, 2.24) is 10.2 Å². The Balaban J connectivity index is 1.18. The molecule has 182 valence electrons. The molecule has 4 rings (SSSR count). The lowest BCUT2D eigenvalue weighted by Crippen LogP contribution is -2.32. The molecular weight excluding hydrogens is 432 g/mol. The van der Waals surface area contributed by atoms with Crippen molar-refractivity contribution in [2.75, 3.05) is 39.3 Å². The molecule has 1 fully saturated rings. The number of piperidine rings is 1. The molecule has 1 aliphatic heterocycles. The third-order valence-electron chi connectivity index (χ3n) is 6.28. The van der Waals surface area contributed by atoms with E-state index in [1.54, 1.807) is 0 Å². The molecule has 0 radical (unpaired) electrons. The van der Waals surface area contributed by atoms with E-state index in [0.29, 0.717) is 17.9 Å². The lowest BCUT2D eigenvalue weighted by molar-refractivity contribution is 0.225.